The van der Waals surface area contributed by atoms with E-state index in [2.05, 4.69) is 19.3 Å². The van der Waals surface area contributed by atoms with Gasteiger partial charge >= 0.3 is 0 Å². The molecular formula is C10H22N2O. The Hall–Kier alpha value is -0.570. The second kappa shape index (κ2) is 8.05. The van der Waals surface area contributed by atoms with Gasteiger partial charge in [-0.15, -0.1) is 0 Å². The van der Waals surface area contributed by atoms with Crippen LogP contribution in [0, 0.1) is 5.92 Å². The van der Waals surface area contributed by atoms with Crippen LogP contribution in [0.3, 0.4) is 0 Å². The molecule has 1 amide bonds. The Balaban J connectivity index is 3.04. The number of hydrogen-bond acceptors (Lipinski definition) is 2. The Labute approximate surface area is 81.0 Å². The molecule has 0 aromatic carbocycles. The highest BCUT2D eigenvalue weighted by atomic mass is 16.2. The summed E-state index contributed by atoms with van der Waals surface area (Å²) in [4.78, 5) is 10.7. The van der Waals surface area contributed by atoms with Crippen LogP contribution in [0.2, 0.25) is 0 Å². The third kappa shape index (κ3) is 9.34. The van der Waals surface area contributed by atoms with E-state index in [4.69, 9.17) is 5.84 Å². The SMILES string of the molecule is CC(C)CCCCCCC(=O)NN. The molecule has 3 heteroatoms. The lowest BCUT2D eigenvalue weighted by Gasteiger charge is -2.03. The van der Waals surface area contributed by atoms with Gasteiger partial charge in [0.25, 0.3) is 0 Å². The third-order valence-electron chi connectivity index (χ3n) is 2.10. The lowest BCUT2D eigenvalue weighted by atomic mass is 10.0. The van der Waals surface area contributed by atoms with E-state index in [1.807, 2.05) is 0 Å². The van der Waals surface area contributed by atoms with E-state index in [0.29, 0.717) is 6.42 Å². The van der Waals surface area contributed by atoms with E-state index in [9.17, 15) is 4.79 Å². The van der Waals surface area contributed by atoms with E-state index >= 15 is 0 Å². The summed E-state index contributed by atoms with van der Waals surface area (Å²) >= 11 is 0. The largest absolute Gasteiger partial charge is 0.294 e. The van der Waals surface area contributed by atoms with Crippen molar-refractivity contribution in [3.63, 3.8) is 0 Å². The molecule has 0 bridgehead atoms. The number of hydrazine groups is 1. The number of carbonyl (C=O) groups excluding carboxylic acids is 1. The van der Waals surface area contributed by atoms with Gasteiger partial charge in [-0.3, -0.25) is 10.2 Å². The summed E-state index contributed by atoms with van der Waals surface area (Å²) in [6.45, 7) is 4.48. The normalized spacial score (nSPS) is 10.5. The lowest BCUT2D eigenvalue weighted by Crippen LogP contribution is -2.29. The minimum atomic E-state index is -0.0520. The predicted molar refractivity (Wildman–Crippen MR) is 54.9 cm³/mol. The zero-order chi connectivity index (χ0) is 10.1. The van der Waals surface area contributed by atoms with E-state index in [-0.39, 0.29) is 5.91 Å². The molecule has 0 aromatic heterocycles. The van der Waals surface area contributed by atoms with Crippen LogP contribution < -0.4 is 11.3 Å². The van der Waals surface area contributed by atoms with Crippen LogP contribution in [0.15, 0.2) is 0 Å². The minimum Gasteiger partial charge on any atom is -0.294 e. The summed E-state index contributed by atoms with van der Waals surface area (Å²) in [6.07, 6.45) is 6.47. The molecule has 0 unspecified atom stereocenters. The average molecular weight is 186 g/mol. The number of hydrogen-bond donors (Lipinski definition) is 2. The molecule has 13 heavy (non-hydrogen) atoms. The highest BCUT2D eigenvalue weighted by Crippen LogP contribution is 2.10. The first kappa shape index (κ1) is 12.4. The van der Waals surface area contributed by atoms with Crippen molar-refractivity contribution < 1.29 is 4.79 Å². The van der Waals surface area contributed by atoms with Crippen LogP contribution in [0.4, 0.5) is 0 Å². The third-order valence-corrected chi connectivity index (χ3v) is 2.10. The quantitative estimate of drug-likeness (QED) is 0.276. The Morgan fingerprint density at radius 3 is 2.38 bits per heavy atom. The molecule has 0 spiro atoms. The van der Waals surface area contributed by atoms with E-state index in [0.717, 1.165) is 18.8 Å². The summed E-state index contributed by atoms with van der Waals surface area (Å²) in [5.41, 5.74) is 2.14. The van der Waals surface area contributed by atoms with Crippen molar-refractivity contribution in [2.75, 3.05) is 0 Å². The summed E-state index contributed by atoms with van der Waals surface area (Å²) in [5, 5.41) is 0. The van der Waals surface area contributed by atoms with Gasteiger partial charge in [-0.1, -0.05) is 39.5 Å². The first-order valence-electron chi connectivity index (χ1n) is 5.16. The highest BCUT2D eigenvalue weighted by molar-refractivity contribution is 5.74. The van der Waals surface area contributed by atoms with Gasteiger partial charge < -0.3 is 0 Å². The van der Waals surface area contributed by atoms with Gasteiger partial charge in [0.2, 0.25) is 5.91 Å². The van der Waals surface area contributed by atoms with Crippen molar-refractivity contribution in [2.24, 2.45) is 11.8 Å². The average Bonchev–Trinajstić information content (AvgIpc) is 2.10. The molecule has 0 radical (unpaired) electrons. The van der Waals surface area contributed by atoms with Crippen molar-refractivity contribution in [3.8, 4) is 0 Å². The Kier molecular flexibility index (Phi) is 7.69. The fourth-order valence-corrected chi connectivity index (χ4v) is 1.26. The van der Waals surface area contributed by atoms with Gasteiger partial charge in [-0.05, 0) is 12.3 Å². The van der Waals surface area contributed by atoms with Crippen molar-refractivity contribution in [2.45, 2.75) is 52.4 Å². The summed E-state index contributed by atoms with van der Waals surface area (Å²) in [6, 6.07) is 0. The highest BCUT2D eigenvalue weighted by Gasteiger charge is 1.98. The number of carbonyl (C=O) groups is 1. The maximum atomic E-state index is 10.7. The van der Waals surface area contributed by atoms with Crippen molar-refractivity contribution in [3.05, 3.63) is 0 Å². The van der Waals surface area contributed by atoms with Crippen LogP contribution >= 0.6 is 0 Å². The number of rotatable bonds is 7. The van der Waals surface area contributed by atoms with Gasteiger partial charge in [-0.25, -0.2) is 5.84 Å². The fourth-order valence-electron chi connectivity index (χ4n) is 1.26. The molecule has 0 saturated carbocycles. The smallest absolute Gasteiger partial charge is 0.233 e. The Bertz CT molecular complexity index is 135. The summed E-state index contributed by atoms with van der Waals surface area (Å²) < 4.78 is 0. The molecule has 0 aliphatic heterocycles. The van der Waals surface area contributed by atoms with Crippen LogP contribution in [-0.2, 0) is 4.79 Å². The molecule has 3 N–H and O–H groups in total. The van der Waals surface area contributed by atoms with Crippen LogP contribution in [-0.4, -0.2) is 5.91 Å². The first-order valence-corrected chi connectivity index (χ1v) is 5.16. The molecule has 0 saturated heterocycles. The van der Waals surface area contributed by atoms with Gasteiger partial charge in [0, 0.05) is 6.42 Å². The maximum absolute atomic E-state index is 10.7. The van der Waals surface area contributed by atoms with Crippen molar-refractivity contribution >= 4 is 5.91 Å². The van der Waals surface area contributed by atoms with Crippen LogP contribution in [0.5, 0.6) is 0 Å². The Morgan fingerprint density at radius 1 is 1.23 bits per heavy atom. The molecule has 0 aliphatic rings. The number of unbranched alkanes of at least 4 members (excludes halogenated alkanes) is 3. The van der Waals surface area contributed by atoms with Crippen LogP contribution in [0.1, 0.15) is 52.4 Å². The molecule has 3 nitrogen and oxygen atoms in total. The second-order valence-corrected chi connectivity index (χ2v) is 3.91. The fraction of sp³-hybridized carbons (Fsp3) is 0.900. The molecule has 0 fully saturated rings. The number of amides is 1. The van der Waals surface area contributed by atoms with E-state index in [1.54, 1.807) is 0 Å². The molecule has 78 valence electrons. The predicted octanol–water partition coefficient (Wildman–Crippen LogP) is 1.97. The zero-order valence-corrected chi connectivity index (χ0v) is 8.81. The minimum absolute atomic E-state index is 0.0520. The van der Waals surface area contributed by atoms with E-state index in [1.165, 1.54) is 19.3 Å². The summed E-state index contributed by atoms with van der Waals surface area (Å²) in [7, 11) is 0. The second-order valence-electron chi connectivity index (χ2n) is 3.91. The van der Waals surface area contributed by atoms with E-state index < -0.39 is 0 Å². The molecule has 0 aromatic rings. The Morgan fingerprint density at radius 2 is 1.85 bits per heavy atom. The molecular weight excluding hydrogens is 164 g/mol. The zero-order valence-electron chi connectivity index (χ0n) is 8.81. The first-order chi connectivity index (χ1) is 6.16. The van der Waals surface area contributed by atoms with Gasteiger partial charge in [0.1, 0.15) is 0 Å². The molecule has 0 heterocycles. The molecule has 0 aliphatic carbocycles. The van der Waals surface area contributed by atoms with Gasteiger partial charge in [0.15, 0.2) is 0 Å². The topological polar surface area (TPSA) is 55.1 Å². The standard InChI is InChI=1S/C10H22N2O/c1-9(2)7-5-3-4-6-8-10(13)12-11/h9H,3-8,11H2,1-2H3,(H,12,13). The van der Waals surface area contributed by atoms with Crippen molar-refractivity contribution in [1.29, 1.82) is 0 Å². The lowest BCUT2D eigenvalue weighted by molar-refractivity contribution is -0.121. The number of nitrogens with two attached hydrogens (primary N) is 1. The number of nitrogens with one attached hydrogen (secondary N) is 1. The molecule has 0 atom stereocenters. The maximum Gasteiger partial charge on any atom is 0.233 e. The van der Waals surface area contributed by atoms with Crippen LogP contribution in [0.25, 0.3) is 0 Å². The van der Waals surface area contributed by atoms with Gasteiger partial charge in [-0.2, -0.15) is 0 Å². The molecule has 0 rings (SSSR count). The summed E-state index contributed by atoms with van der Waals surface area (Å²) in [5.74, 6) is 5.70. The van der Waals surface area contributed by atoms with Crippen molar-refractivity contribution in [1.82, 2.24) is 5.43 Å². The van der Waals surface area contributed by atoms with Gasteiger partial charge in [0.05, 0.1) is 0 Å². The monoisotopic (exact) mass is 186 g/mol.